The van der Waals surface area contributed by atoms with Gasteiger partial charge in [0.2, 0.25) is 0 Å². The summed E-state index contributed by atoms with van der Waals surface area (Å²) in [5.74, 6) is -0.185. The molecule has 0 saturated carbocycles. The van der Waals surface area contributed by atoms with Gasteiger partial charge in [-0.25, -0.2) is 4.52 Å². The van der Waals surface area contributed by atoms with Gasteiger partial charge in [-0.1, -0.05) is 6.07 Å². The maximum absolute atomic E-state index is 12.4. The molecule has 0 aliphatic rings. The molecular weight excluding hydrogens is 266 g/mol. The third-order valence-electron chi connectivity index (χ3n) is 3.37. The van der Waals surface area contributed by atoms with Crippen LogP contribution in [0.5, 0.6) is 0 Å². The van der Waals surface area contributed by atoms with Gasteiger partial charge in [0, 0.05) is 17.3 Å². The molecule has 21 heavy (non-hydrogen) atoms. The Balaban J connectivity index is 1.68. The normalized spacial score (nSPS) is 11.0. The maximum atomic E-state index is 12.4. The summed E-state index contributed by atoms with van der Waals surface area (Å²) in [5, 5.41) is 14.9. The van der Waals surface area contributed by atoms with Crippen molar-refractivity contribution in [1.82, 2.24) is 19.8 Å². The van der Waals surface area contributed by atoms with E-state index in [2.05, 4.69) is 20.6 Å². The van der Waals surface area contributed by atoms with Gasteiger partial charge in [0.25, 0.3) is 5.91 Å². The fourth-order valence-electron chi connectivity index (χ4n) is 2.32. The Kier molecular flexibility index (Phi) is 2.47. The van der Waals surface area contributed by atoms with Gasteiger partial charge in [0.1, 0.15) is 0 Å². The van der Waals surface area contributed by atoms with Gasteiger partial charge >= 0.3 is 0 Å². The van der Waals surface area contributed by atoms with E-state index in [1.165, 1.54) is 0 Å². The Hall–Kier alpha value is -3.15. The molecule has 0 spiro atoms. The second-order valence-corrected chi connectivity index (χ2v) is 4.71. The van der Waals surface area contributed by atoms with Crippen molar-refractivity contribution < 1.29 is 4.79 Å². The highest BCUT2D eigenvalue weighted by atomic mass is 16.1. The molecule has 0 bridgehead atoms. The fraction of sp³-hybridized carbons (Fsp3) is 0. The molecule has 0 aliphatic carbocycles. The van der Waals surface area contributed by atoms with Gasteiger partial charge in [0.15, 0.2) is 0 Å². The number of hydrogen-bond acceptors (Lipinski definition) is 3. The Morgan fingerprint density at radius 1 is 1.19 bits per heavy atom. The zero-order chi connectivity index (χ0) is 14.2. The summed E-state index contributed by atoms with van der Waals surface area (Å²) in [6.07, 6.45) is 5.12. The Bertz CT molecular complexity index is 953. The van der Waals surface area contributed by atoms with Crippen molar-refractivity contribution in [3.63, 3.8) is 0 Å². The van der Waals surface area contributed by atoms with Crippen molar-refractivity contribution in [1.29, 1.82) is 0 Å². The van der Waals surface area contributed by atoms with Crippen molar-refractivity contribution in [2.24, 2.45) is 0 Å². The van der Waals surface area contributed by atoms with E-state index in [0.29, 0.717) is 11.3 Å². The zero-order valence-corrected chi connectivity index (χ0v) is 10.9. The minimum atomic E-state index is -0.185. The highest BCUT2D eigenvalue weighted by Crippen LogP contribution is 2.18. The highest BCUT2D eigenvalue weighted by molar-refractivity contribution is 6.09. The molecule has 1 amide bonds. The Morgan fingerprint density at radius 3 is 3.10 bits per heavy atom. The van der Waals surface area contributed by atoms with Crippen LogP contribution >= 0.6 is 0 Å². The van der Waals surface area contributed by atoms with Crippen LogP contribution in [-0.2, 0) is 0 Å². The number of hydrogen-bond donors (Lipinski definition) is 2. The molecule has 4 aromatic rings. The number of nitrogens with one attached hydrogen (secondary N) is 2. The lowest BCUT2D eigenvalue weighted by molar-refractivity contribution is 0.102. The predicted octanol–water partition coefficient (Wildman–Crippen LogP) is 2.46. The van der Waals surface area contributed by atoms with E-state index < -0.39 is 0 Å². The minimum Gasteiger partial charge on any atom is -0.322 e. The van der Waals surface area contributed by atoms with Crippen LogP contribution in [0.4, 0.5) is 5.69 Å². The van der Waals surface area contributed by atoms with E-state index in [0.717, 1.165) is 16.4 Å². The van der Waals surface area contributed by atoms with Crippen LogP contribution in [0, 0.1) is 0 Å². The fourth-order valence-corrected chi connectivity index (χ4v) is 2.32. The third-order valence-corrected chi connectivity index (χ3v) is 3.37. The van der Waals surface area contributed by atoms with E-state index in [-0.39, 0.29) is 5.91 Å². The average Bonchev–Trinajstić information content (AvgIpc) is 3.13. The minimum absolute atomic E-state index is 0.185. The van der Waals surface area contributed by atoms with E-state index >= 15 is 0 Å². The lowest BCUT2D eigenvalue weighted by Gasteiger charge is -2.04. The molecule has 0 fully saturated rings. The lowest BCUT2D eigenvalue weighted by atomic mass is 10.2. The molecule has 0 saturated heterocycles. The van der Waals surface area contributed by atoms with Gasteiger partial charge in [-0.3, -0.25) is 9.89 Å². The number of aromatic amines is 1. The summed E-state index contributed by atoms with van der Waals surface area (Å²) >= 11 is 0. The molecule has 1 aromatic carbocycles. The van der Waals surface area contributed by atoms with Crippen molar-refractivity contribution in [3.05, 3.63) is 60.6 Å². The quantitative estimate of drug-likeness (QED) is 0.591. The summed E-state index contributed by atoms with van der Waals surface area (Å²) in [4.78, 5) is 12.4. The largest absolute Gasteiger partial charge is 0.322 e. The molecule has 3 aromatic heterocycles. The molecule has 0 radical (unpaired) electrons. The van der Waals surface area contributed by atoms with Crippen LogP contribution in [0.25, 0.3) is 16.4 Å². The molecule has 6 heteroatoms. The number of rotatable bonds is 2. The van der Waals surface area contributed by atoms with Crippen molar-refractivity contribution >= 4 is 28.0 Å². The standard InChI is InChI=1S/C15H11N5O/c21-15(12-9-17-20-6-2-1-3-14(12)20)18-11-5-4-10-8-16-19-13(10)7-11/h1-9H,(H,16,19)(H,18,21). The monoisotopic (exact) mass is 277 g/mol. The number of nitrogens with zero attached hydrogens (tertiary/aromatic N) is 3. The first-order chi connectivity index (χ1) is 10.3. The first-order valence-corrected chi connectivity index (χ1v) is 6.48. The number of fused-ring (bicyclic) bond motifs is 2. The first kappa shape index (κ1) is 11.7. The van der Waals surface area contributed by atoms with Gasteiger partial charge in [-0.05, 0) is 30.3 Å². The molecular formula is C15H11N5O. The summed E-state index contributed by atoms with van der Waals surface area (Å²) in [6, 6.07) is 11.2. The van der Waals surface area contributed by atoms with Crippen LogP contribution in [-0.4, -0.2) is 25.7 Å². The number of carbonyl (C=O) groups is 1. The first-order valence-electron chi connectivity index (χ1n) is 6.48. The van der Waals surface area contributed by atoms with Crippen LogP contribution in [0.2, 0.25) is 0 Å². The number of carbonyl (C=O) groups excluding carboxylic acids is 1. The molecule has 102 valence electrons. The van der Waals surface area contributed by atoms with Crippen molar-refractivity contribution in [2.75, 3.05) is 5.32 Å². The Morgan fingerprint density at radius 2 is 2.14 bits per heavy atom. The molecule has 3 heterocycles. The third kappa shape index (κ3) is 1.93. The molecule has 6 nitrogen and oxygen atoms in total. The van der Waals surface area contributed by atoms with E-state index in [9.17, 15) is 4.79 Å². The lowest BCUT2D eigenvalue weighted by Crippen LogP contribution is -2.11. The summed E-state index contributed by atoms with van der Waals surface area (Å²) < 4.78 is 1.67. The predicted molar refractivity (Wildman–Crippen MR) is 79.2 cm³/mol. The Labute approximate surface area is 119 Å². The number of H-pyrrole nitrogens is 1. The summed E-state index contributed by atoms with van der Waals surface area (Å²) in [5.41, 5.74) is 2.91. The van der Waals surface area contributed by atoms with Crippen LogP contribution in [0.3, 0.4) is 0 Å². The number of aromatic nitrogens is 4. The van der Waals surface area contributed by atoms with Crippen molar-refractivity contribution in [3.8, 4) is 0 Å². The van der Waals surface area contributed by atoms with E-state index in [1.807, 2.05) is 42.6 Å². The number of amides is 1. The number of benzene rings is 1. The zero-order valence-electron chi connectivity index (χ0n) is 10.9. The van der Waals surface area contributed by atoms with Gasteiger partial charge in [-0.15, -0.1) is 0 Å². The maximum Gasteiger partial charge on any atom is 0.259 e. The van der Waals surface area contributed by atoms with Crippen molar-refractivity contribution in [2.45, 2.75) is 0 Å². The molecule has 0 unspecified atom stereocenters. The summed E-state index contributed by atoms with van der Waals surface area (Å²) in [7, 11) is 0. The van der Waals surface area contributed by atoms with Gasteiger partial charge < -0.3 is 5.32 Å². The number of pyridine rings is 1. The topological polar surface area (TPSA) is 75.1 Å². The van der Waals surface area contributed by atoms with Gasteiger partial charge in [0.05, 0.1) is 29.0 Å². The number of anilines is 1. The van der Waals surface area contributed by atoms with Gasteiger partial charge in [-0.2, -0.15) is 10.2 Å². The van der Waals surface area contributed by atoms with Crippen LogP contribution in [0.15, 0.2) is 55.0 Å². The van der Waals surface area contributed by atoms with Crippen LogP contribution < -0.4 is 5.32 Å². The molecule has 4 rings (SSSR count). The molecule has 0 aliphatic heterocycles. The van der Waals surface area contributed by atoms with E-state index in [1.54, 1.807) is 16.9 Å². The SMILES string of the molecule is O=C(Nc1ccc2cn[nH]c2c1)c1cnn2ccccc12. The molecule has 2 N–H and O–H groups in total. The van der Waals surface area contributed by atoms with Crippen LogP contribution in [0.1, 0.15) is 10.4 Å². The van der Waals surface area contributed by atoms with E-state index in [4.69, 9.17) is 0 Å². The summed E-state index contributed by atoms with van der Waals surface area (Å²) in [6.45, 7) is 0. The molecule has 0 atom stereocenters. The highest BCUT2D eigenvalue weighted by Gasteiger charge is 2.12. The second kappa shape index (κ2) is 4.45. The second-order valence-electron chi connectivity index (χ2n) is 4.71. The average molecular weight is 277 g/mol. The smallest absolute Gasteiger partial charge is 0.259 e.